The molecule has 0 aliphatic rings. The van der Waals surface area contributed by atoms with Crippen LogP contribution >= 0.6 is 0 Å². The average Bonchev–Trinajstić information content (AvgIpc) is 2.03. The molecule has 0 saturated heterocycles. The Bertz CT molecular complexity index is 296. The van der Waals surface area contributed by atoms with E-state index in [1.807, 2.05) is 0 Å². The first-order chi connectivity index (χ1) is 5.61. The number of nitrogens with two attached hydrogens (primary N) is 1. The molecule has 0 aliphatic heterocycles. The Morgan fingerprint density at radius 1 is 1.50 bits per heavy atom. The summed E-state index contributed by atoms with van der Waals surface area (Å²) in [6, 6.07) is 1.61. The first-order valence-corrected chi connectivity index (χ1v) is 3.53. The van der Waals surface area contributed by atoms with E-state index in [2.05, 4.69) is 4.98 Å². The van der Waals surface area contributed by atoms with Gasteiger partial charge in [-0.25, -0.2) is 0 Å². The van der Waals surface area contributed by atoms with Crippen LogP contribution in [-0.2, 0) is 0 Å². The SMILES string of the molecule is CN(C)C(=O)c1cncc(N)c1. The minimum absolute atomic E-state index is 0.0881. The quantitative estimate of drug-likeness (QED) is 0.653. The maximum absolute atomic E-state index is 11.3. The summed E-state index contributed by atoms with van der Waals surface area (Å²) in [5.74, 6) is -0.0881. The first kappa shape index (κ1) is 8.52. The molecule has 12 heavy (non-hydrogen) atoms. The third-order valence-corrected chi connectivity index (χ3v) is 1.41. The molecule has 0 unspecified atom stereocenters. The van der Waals surface area contributed by atoms with E-state index >= 15 is 0 Å². The van der Waals surface area contributed by atoms with Crippen LogP contribution in [0.5, 0.6) is 0 Å². The van der Waals surface area contributed by atoms with Gasteiger partial charge in [0.2, 0.25) is 0 Å². The lowest BCUT2D eigenvalue weighted by atomic mass is 10.2. The summed E-state index contributed by atoms with van der Waals surface area (Å²) in [4.78, 5) is 16.6. The normalized spacial score (nSPS) is 9.50. The van der Waals surface area contributed by atoms with E-state index in [0.29, 0.717) is 11.3 Å². The number of hydrogen-bond donors (Lipinski definition) is 1. The molecule has 0 spiro atoms. The van der Waals surface area contributed by atoms with Gasteiger partial charge in [0.15, 0.2) is 0 Å². The molecule has 1 amide bonds. The van der Waals surface area contributed by atoms with E-state index in [1.165, 1.54) is 17.3 Å². The van der Waals surface area contributed by atoms with Gasteiger partial charge >= 0.3 is 0 Å². The minimum atomic E-state index is -0.0881. The van der Waals surface area contributed by atoms with Crippen molar-refractivity contribution in [1.29, 1.82) is 0 Å². The molecule has 64 valence electrons. The Kier molecular flexibility index (Phi) is 2.28. The second-order valence-corrected chi connectivity index (χ2v) is 2.71. The van der Waals surface area contributed by atoms with Crippen LogP contribution in [-0.4, -0.2) is 29.9 Å². The highest BCUT2D eigenvalue weighted by Crippen LogP contribution is 2.05. The molecule has 1 rings (SSSR count). The second kappa shape index (κ2) is 3.21. The Hall–Kier alpha value is -1.58. The lowest BCUT2D eigenvalue weighted by molar-refractivity contribution is 0.0827. The zero-order valence-electron chi connectivity index (χ0n) is 7.11. The second-order valence-electron chi connectivity index (χ2n) is 2.71. The molecule has 0 atom stereocenters. The number of aromatic nitrogens is 1. The highest BCUT2D eigenvalue weighted by molar-refractivity contribution is 5.94. The standard InChI is InChI=1S/C8H11N3O/c1-11(2)8(12)6-3-7(9)5-10-4-6/h3-5H,9H2,1-2H3. The van der Waals surface area contributed by atoms with Gasteiger partial charge in [-0.1, -0.05) is 0 Å². The van der Waals surface area contributed by atoms with Crippen molar-refractivity contribution in [3.8, 4) is 0 Å². The van der Waals surface area contributed by atoms with Crippen molar-refractivity contribution in [1.82, 2.24) is 9.88 Å². The fraction of sp³-hybridized carbons (Fsp3) is 0.250. The predicted molar refractivity (Wildman–Crippen MR) is 46.7 cm³/mol. The van der Waals surface area contributed by atoms with Crippen molar-refractivity contribution in [3.05, 3.63) is 24.0 Å². The van der Waals surface area contributed by atoms with Crippen LogP contribution in [0.1, 0.15) is 10.4 Å². The Balaban J connectivity index is 2.96. The molecule has 1 aromatic rings. The minimum Gasteiger partial charge on any atom is -0.397 e. The monoisotopic (exact) mass is 165 g/mol. The number of hydrogen-bond acceptors (Lipinski definition) is 3. The van der Waals surface area contributed by atoms with Gasteiger partial charge in [0.1, 0.15) is 0 Å². The molecule has 4 heteroatoms. The Morgan fingerprint density at radius 2 is 2.17 bits per heavy atom. The molecule has 0 fully saturated rings. The van der Waals surface area contributed by atoms with Crippen LogP contribution in [0.25, 0.3) is 0 Å². The maximum atomic E-state index is 11.3. The number of rotatable bonds is 1. The summed E-state index contributed by atoms with van der Waals surface area (Å²) in [5, 5.41) is 0. The van der Waals surface area contributed by atoms with E-state index in [9.17, 15) is 4.79 Å². The molecular weight excluding hydrogens is 154 g/mol. The molecule has 1 aromatic heterocycles. The van der Waals surface area contributed by atoms with E-state index in [1.54, 1.807) is 20.2 Å². The van der Waals surface area contributed by atoms with Crippen molar-refractivity contribution in [3.63, 3.8) is 0 Å². The zero-order valence-corrected chi connectivity index (χ0v) is 7.11. The van der Waals surface area contributed by atoms with Gasteiger partial charge < -0.3 is 10.6 Å². The maximum Gasteiger partial charge on any atom is 0.254 e. The molecular formula is C8H11N3O. The lowest BCUT2D eigenvalue weighted by Gasteiger charge is -2.09. The summed E-state index contributed by atoms with van der Waals surface area (Å²) >= 11 is 0. The highest BCUT2D eigenvalue weighted by Gasteiger charge is 2.07. The molecule has 0 aliphatic carbocycles. The topological polar surface area (TPSA) is 59.2 Å². The number of nitrogens with zero attached hydrogens (tertiary/aromatic N) is 2. The molecule has 0 bridgehead atoms. The summed E-state index contributed by atoms with van der Waals surface area (Å²) in [7, 11) is 3.37. The highest BCUT2D eigenvalue weighted by atomic mass is 16.2. The van der Waals surface area contributed by atoms with Crippen LogP contribution in [0.4, 0.5) is 5.69 Å². The van der Waals surface area contributed by atoms with E-state index in [0.717, 1.165) is 0 Å². The average molecular weight is 165 g/mol. The van der Waals surface area contributed by atoms with Gasteiger partial charge in [0, 0.05) is 26.5 Å². The first-order valence-electron chi connectivity index (χ1n) is 3.53. The molecule has 2 N–H and O–H groups in total. The smallest absolute Gasteiger partial charge is 0.254 e. The molecule has 4 nitrogen and oxygen atoms in total. The summed E-state index contributed by atoms with van der Waals surface area (Å²) < 4.78 is 0. The van der Waals surface area contributed by atoms with Crippen LogP contribution < -0.4 is 5.73 Å². The molecule has 0 saturated carbocycles. The molecule has 1 heterocycles. The van der Waals surface area contributed by atoms with Gasteiger partial charge in [-0.3, -0.25) is 9.78 Å². The van der Waals surface area contributed by atoms with Gasteiger partial charge in [-0.15, -0.1) is 0 Å². The van der Waals surface area contributed by atoms with Crippen LogP contribution in [0.3, 0.4) is 0 Å². The predicted octanol–water partition coefficient (Wildman–Crippen LogP) is 0.366. The van der Waals surface area contributed by atoms with E-state index in [-0.39, 0.29) is 5.91 Å². The number of pyridine rings is 1. The number of carbonyl (C=O) groups is 1. The fourth-order valence-electron chi connectivity index (χ4n) is 0.833. The van der Waals surface area contributed by atoms with Crippen molar-refractivity contribution < 1.29 is 4.79 Å². The van der Waals surface area contributed by atoms with Gasteiger partial charge in [0.05, 0.1) is 11.3 Å². The largest absolute Gasteiger partial charge is 0.397 e. The van der Waals surface area contributed by atoms with Crippen molar-refractivity contribution >= 4 is 11.6 Å². The Morgan fingerprint density at radius 3 is 2.67 bits per heavy atom. The lowest BCUT2D eigenvalue weighted by Crippen LogP contribution is -2.21. The third kappa shape index (κ3) is 1.72. The fourth-order valence-corrected chi connectivity index (χ4v) is 0.833. The van der Waals surface area contributed by atoms with Crippen LogP contribution in [0, 0.1) is 0 Å². The van der Waals surface area contributed by atoms with Gasteiger partial charge in [-0.2, -0.15) is 0 Å². The van der Waals surface area contributed by atoms with E-state index < -0.39 is 0 Å². The number of nitrogen functional groups attached to an aromatic ring is 1. The zero-order chi connectivity index (χ0) is 9.14. The van der Waals surface area contributed by atoms with Crippen molar-refractivity contribution in [2.24, 2.45) is 0 Å². The number of amides is 1. The molecule has 0 aromatic carbocycles. The third-order valence-electron chi connectivity index (χ3n) is 1.41. The van der Waals surface area contributed by atoms with Crippen LogP contribution in [0.15, 0.2) is 18.5 Å². The number of anilines is 1. The van der Waals surface area contributed by atoms with Crippen molar-refractivity contribution in [2.45, 2.75) is 0 Å². The summed E-state index contributed by atoms with van der Waals surface area (Å²) in [6.07, 6.45) is 3.01. The Labute approximate surface area is 71.0 Å². The summed E-state index contributed by atoms with van der Waals surface area (Å²) in [5.41, 5.74) is 6.48. The van der Waals surface area contributed by atoms with Crippen LogP contribution in [0.2, 0.25) is 0 Å². The van der Waals surface area contributed by atoms with Gasteiger partial charge in [-0.05, 0) is 6.07 Å². The van der Waals surface area contributed by atoms with Crippen molar-refractivity contribution in [2.75, 3.05) is 19.8 Å². The summed E-state index contributed by atoms with van der Waals surface area (Å²) in [6.45, 7) is 0. The number of carbonyl (C=O) groups excluding carboxylic acids is 1. The van der Waals surface area contributed by atoms with E-state index in [4.69, 9.17) is 5.73 Å². The molecule has 0 radical (unpaired) electrons. The van der Waals surface area contributed by atoms with Gasteiger partial charge in [0.25, 0.3) is 5.91 Å².